The van der Waals surface area contributed by atoms with Crippen LogP contribution in [0.4, 0.5) is 19.0 Å². The molecule has 0 bridgehead atoms. The Morgan fingerprint density at radius 2 is 2.02 bits per heavy atom. The third kappa shape index (κ3) is 6.94. The number of halogens is 3. The lowest BCUT2D eigenvalue weighted by Gasteiger charge is -2.33. The maximum absolute atomic E-state index is 12.9. The molecule has 3 N–H and O–H groups in total. The van der Waals surface area contributed by atoms with E-state index < -0.39 is 12.6 Å². The Balaban J connectivity index is 1.24. The number of allylic oxidation sites excluding steroid dienone is 2. The standard InChI is InChI=1S/C32H30F3N7S/c1-3-22(5-4-11-36)8-14-42-25(18-37)15-27-21(2)23(6-7-29(27)42)19-41-12-9-24(10-13-41)40-30-28-16-26(17-32(33,34)35)43-31(28)39-20-38-30/h1,5-7,15-16,20,24H,8-10,12-14,17,19,36H2,2H3,(H,38,39,40)/b22-5+. The van der Waals surface area contributed by atoms with Gasteiger partial charge >= 0.3 is 6.18 Å². The number of aryl methyl sites for hydroxylation is 2. The number of anilines is 1. The van der Waals surface area contributed by atoms with Crippen molar-refractivity contribution < 1.29 is 13.2 Å². The van der Waals surface area contributed by atoms with Gasteiger partial charge in [0.15, 0.2) is 0 Å². The SMILES string of the molecule is C#C/C(=C\C#CN)CCn1c(C#N)cc2c(C)c(CN3CCC(Nc4ncnc5sc(CC(F)(F)F)cc45)CC3)ccc21. The van der Waals surface area contributed by atoms with Crippen LogP contribution >= 0.6 is 11.3 Å². The highest BCUT2D eigenvalue weighted by atomic mass is 32.1. The van der Waals surface area contributed by atoms with E-state index in [1.54, 1.807) is 12.1 Å². The van der Waals surface area contributed by atoms with Gasteiger partial charge in [-0.1, -0.05) is 17.9 Å². The first-order chi connectivity index (χ1) is 20.7. The van der Waals surface area contributed by atoms with Crippen LogP contribution in [0.1, 0.15) is 41.0 Å². The number of hydrogen-bond donors (Lipinski definition) is 2. The molecule has 43 heavy (non-hydrogen) atoms. The summed E-state index contributed by atoms with van der Waals surface area (Å²) >= 11 is 1.06. The highest BCUT2D eigenvalue weighted by Crippen LogP contribution is 2.33. The second-order valence-corrected chi connectivity index (χ2v) is 11.7. The Morgan fingerprint density at radius 1 is 1.23 bits per heavy atom. The first-order valence-electron chi connectivity index (χ1n) is 13.9. The van der Waals surface area contributed by atoms with Gasteiger partial charge < -0.3 is 15.6 Å². The minimum absolute atomic E-state index is 0.161. The highest BCUT2D eigenvalue weighted by molar-refractivity contribution is 7.18. The molecule has 7 nitrogen and oxygen atoms in total. The molecular formula is C32H30F3N7S. The summed E-state index contributed by atoms with van der Waals surface area (Å²) in [6.07, 6.45) is 5.73. The molecule has 1 aromatic carbocycles. The van der Waals surface area contributed by atoms with E-state index in [9.17, 15) is 18.4 Å². The van der Waals surface area contributed by atoms with Gasteiger partial charge in [0.25, 0.3) is 0 Å². The Morgan fingerprint density at radius 3 is 2.72 bits per heavy atom. The topological polar surface area (TPSA) is 95.8 Å². The summed E-state index contributed by atoms with van der Waals surface area (Å²) in [5, 5.41) is 14.9. The second-order valence-electron chi connectivity index (χ2n) is 10.6. The van der Waals surface area contributed by atoms with E-state index in [1.807, 2.05) is 10.6 Å². The Hall–Kier alpha value is -4.50. The number of nitrogens with one attached hydrogen (secondary N) is 1. The monoisotopic (exact) mass is 601 g/mol. The van der Waals surface area contributed by atoms with Gasteiger partial charge in [-0.05, 0) is 55.5 Å². The van der Waals surface area contributed by atoms with Crippen molar-refractivity contribution in [3.63, 3.8) is 0 Å². The van der Waals surface area contributed by atoms with E-state index in [0.29, 0.717) is 34.7 Å². The lowest BCUT2D eigenvalue weighted by atomic mass is 10.0. The molecule has 11 heteroatoms. The van der Waals surface area contributed by atoms with Crippen molar-refractivity contribution in [2.75, 3.05) is 18.4 Å². The van der Waals surface area contributed by atoms with Gasteiger partial charge in [0.05, 0.1) is 11.8 Å². The van der Waals surface area contributed by atoms with Crippen LogP contribution < -0.4 is 11.1 Å². The summed E-state index contributed by atoms with van der Waals surface area (Å²) in [6, 6.07) is 12.5. The number of nitriles is 1. The molecule has 0 amide bonds. The number of hydrogen-bond acceptors (Lipinski definition) is 7. The first-order valence-corrected chi connectivity index (χ1v) is 14.7. The van der Waals surface area contributed by atoms with Crippen LogP contribution in [0, 0.1) is 42.6 Å². The maximum atomic E-state index is 12.9. The van der Waals surface area contributed by atoms with Crippen LogP contribution in [0.25, 0.3) is 21.1 Å². The average Bonchev–Trinajstić information content (AvgIpc) is 3.56. The summed E-state index contributed by atoms with van der Waals surface area (Å²) in [4.78, 5) is 11.7. The lowest BCUT2D eigenvalue weighted by Crippen LogP contribution is -2.39. The summed E-state index contributed by atoms with van der Waals surface area (Å²) in [5.74, 6) is 5.91. The van der Waals surface area contributed by atoms with Crippen molar-refractivity contribution >= 4 is 38.3 Å². The van der Waals surface area contributed by atoms with Gasteiger partial charge in [0.2, 0.25) is 0 Å². The molecule has 0 unspecified atom stereocenters. The van der Waals surface area contributed by atoms with Gasteiger partial charge in [-0.25, -0.2) is 9.97 Å². The normalized spacial score (nSPS) is 14.8. The first kappa shape index (κ1) is 30.0. The molecule has 1 fully saturated rings. The van der Waals surface area contributed by atoms with Crippen molar-refractivity contribution in [2.45, 2.75) is 57.9 Å². The number of aromatic nitrogens is 3. The van der Waals surface area contributed by atoms with E-state index in [4.69, 9.17) is 12.2 Å². The number of thiophene rings is 1. The van der Waals surface area contributed by atoms with Gasteiger partial charge in [0.1, 0.15) is 28.7 Å². The zero-order valence-electron chi connectivity index (χ0n) is 23.6. The fourth-order valence-electron chi connectivity index (χ4n) is 5.55. The minimum Gasteiger partial charge on any atom is -0.367 e. The number of fused-ring (bicyclic) bond motifs is 2. The number of piperidine rings is 1. The minimum atomic E-state index is -4.26. The molecule has 0 saturated carbocycles. The fourth-order valence-corrected chi connectivity index (χ4v) is 6.57. The van der Waals surface area contributed by atoms with E-state index in [-0.39, 0.29) is 10.9 Å². The smallest absolute Gasteiger partial charge is 0.367 e. The number of nitrogens with two attached hydrogens (primary N) is 1. The number of terminal acetylenes is 1. The lowest BCUT2D eigenvalue weighted by molar-refractivity contribution is -0.126. The Labute approximate surface area is 252 Å². The van der Waals surface area contributed by atoms with Crippen molar-refractivity contribution in [3.8, 4) is 30.4 Å². The molecule has 1 aliphatic heterocycles. The molecule has 4 heterocycles. The molecule has 0 aliphatic carbocycles. The number of alkyl halides is 3. The predicted molar refractivity (Wildman–Crippen MR) is 164 cm³/mol. The van der Waals surface area contributed by atoms with Crippen LogP contribution in [0.3, 0.4) is 0 Å². The molecular weight excluding hydrogens is 571 g/mol. The third-order valence-corrected chi connectivity index (χ3v) is 8.82. The van der Waals surface area contributed by atoms with Gasteiger partial charge in [-0.15, -0.1) is 17.8 Å². The van der Waals surface area contributed by atoms with Gasteiger partial charge in [-0.2, -0.15) is 18.4 Å². The molecule has 220 valence electrons. The zero-order chi connectivity index (χ0) is 30.6. The molecule has 1 aliphatic rings. The van der Waals surface area contributed by atoms with Gasteiger partial charge in [-0.3, -0.25) is 4.90 Å². The zero-order valence-corrected chi connectivity index (χ0v) is 24.4. The summed E-state index contributed by atoms with van der Waals surface area (Å²) < 4.78 is 40.7. The average molecular weight is 602 g/mol. The molecule has 0 radical (unpaired) electrons. The maximum Gasteiger partial charge on any atom is 0.393 e. The highest BCUT2D eigenvalue weighted by Gasteiger charge is 2.29. The van der Waals surface area contributed by atoms with Crippen LogP contribution in [-0.2, 0) is 19.5 Å². The number of nitrogens with zero attached hydrogens (tertiary/aromatic N) is 5. The molecule has 4 aromatic rings. The summed E-state index contributed by atoms with van der Waals surface area (Å²) in [5.41, 5.74) is 9.89. The Kier molecular flexibility index (Phi) is 8.92. The molecule has 1 saturated heterocycles. The number of rotatable bonds is 8. The van der Waals surface area contributed by atoms with Crippen LogP contribution in [-0.4, -0.2) is 44.7 Å². The van der Waals surface area contributed by atoms with Crippen LogP contribution in [0.2, 0.25) is 0 Å². The van der Waals surface area contributed by atoms with Crippen LogP contribution in [0.15, 0.2) is 42.2 Å². The molecule has 0 spiro atoms. The molecule has 0 atom stereocenters. The number of benzene rings is 1. The van der Waals surface area contributed by atoms with E-state index >= 15 is 0 Å². The van der Waals surface area contributed by atoms with Crippen molar-refractivity contribution in [2.24, 2.45) is 5.73 Å². The van der Waals surface area contributed by atoms with Crippen molar-refractivity contribution in [3.05, 3.63) is 63.9 Å². The van der Waals surface area contributed by atoms with E-state index in [2.05, 4.69) is 63.2 Å². The largest absolute Gasteiger partial charge is 0.393 e. The second kappa shape index (κ2) is 12.8. The molecule has 5 rings (SSSR count). The van der Waals surface area contributed by atoms with Crippen molar-refractivity contribution in [1.29, 1.82) is 5.26 Å². The van der Waals surface area contributed by atoms with E-state index in [1.165, 1.54) is 11.9 Å². The predicted octanol–water partition coefficient (Wildman–Crippen LogP) is 5.88. The Bertz CT molecular complexity index is 1820. The molecule has 3 aromatic heterocycles. The van der Waals surface area contributed by atoms with E-state index in [0.717, 1.165) is 65.9 Å². The quantitative estimate of drug-likeness (QED) is 0.194. The van der Waals surface area contributed by atoms with Crippen molar-refractivity contribution in [1.82, 2.24) is 19.4 Å². The fraction of sp³-hybridized carbons (Fsp3) is 0.344. The summed E-state index contributed by atoms with van der Waals surface area (Å²) in [7, 11) is 0. The summed E-state index contributed by atoms with van der Waals surface area (Å²) in [6.45, 7) is 5.16. The van der Waals surface area contributed by atoms with Gasteiger partial charge in [0, 0.05) is 65.7 Å². The number of likely N-dealkylation sites (tertiary alicyclic amines) is 1. The third-order valence-electron chi connectivity index (χ3n) is 7.78. The van der Waals surface area contributed by atoms with Crippen LogP contribution in [0.5, 0.6) is 0 Å².